The average Bonchev–Trinajstić information content (AvgIpc) is 2.36. The maximum atomic E-state index is 10.8. The SMILES string of the molecule is CCC[CH2][Sn]1([CH2]CCC)[CH]=CC(O)(C(C)(C)C)C=[CH]1. The number of hydrogen-bond donors (Lipinski definition) is 1. The molecule has 0 fully saturated rings. The Balaban J connectivity index is 2.88. The van der Waals surface area contributed by atoms with E-state index in [1.807, 2.05) is 0 Å². The molecule has 0 radical (unpaired) electrons. The second-order valence-corrected chi connectivity index (χ2v) is 19.0. The average molecular weight is 371 g/mol. The first-order valence-electron chi connectivity index (χ1n) is 7.92. The zero-order valence-electron chi connectivity index (χ0n) is 13.5. The van der Waals surface area contributed by atoms with Gasteiger partial charge in [-0.2, -0.15) is 0 Å². The topological polar surface area (TPSA) is 20.2 Å². The van der Waals surface area contributed by atoms with Gasteiger partial charge in [0.25, 0.3) is 0 Å². The monoisotopic (exact) mass is 372 g/mol. The van der Waals surface area contributed by atoms with Crippen molar-refractivity contribution in [2.45, 2.75) is 74.8 Å². The summed E-state index contributed by atoms with van der Waals surface area (Å²) in [5, 5.41) is 10.8. The van der Waals surface area contributed by atoms with Crippen molar-refractivity contribution >= 4 is 18.4 Å². The van der Waals surface area contributed by atoms with E-state index in [-0.39, 0.29) is 5.41 Å². The summed E-state index contributed by atoms with van der Waals surface area (Å²) in [6.45, 7) is 10.9. The third kappa shape index (κ3) is 4.35. The molecule has 0 saturated heterocycles. The molecule has 0 amide bonds. The molecular formula is C17H32OSn. The maximum absolute atomic E-state index is 10.8. The number of hydrogen-bond acceptors (Lipinski definition) is 1. The minimum atomic E-state index is -2.23. The van der Waals surface area contributed by atoms with Crippen LogP contribution < -0.4 is 0 Å². The molecule has 1 N–H and O–H groups in total. The van der Waals surface area contributed by atoms with Crippen LogP contribution in [0.2, 0.25) is 8.87 Å². The van der Waals surface area contributed by atoms with Crippen molar-refractivity contribution in [2.24, 2.45) is 5.41 Å². The van der Waals surface area contributed by atoms with E-state index >= 15 is 0 Å². The van der Waals surface area contributed by atoms with Crippen LogP contribution in [0.1, 0.15) is 60.3 Å². The molecule has 0 aromatic rings. The Kier molecular flexibility index (Phi) is 6.19. The Hall–Kier alpha value is 0.239. The molecule has 110 valence electrons. The summed E-state index contributed by atoms with van der Waals surface area (Å²) in [7, 11) is 0. The second kappa shape index (κ2) is 6.80. The van der Waals surface area contributed by atoms with E-state index in [9.17, 15) is 5.11 Å². The van der Waals surface area contributed by atoms with Crippen LogP contribution in [0.5, 0.6) is 0 Å². The van der Waals surface area contributed by atoms with Crippen LogP contribution in [0.25, 0.3) is 0 Å². The van der Waals surface area contributed by atoms with Crippen LogP contribution in [0, 0.1) is 5.41 Å². The molecule has 0 aliphatic carbocycles. The van der Waals surface area contributed by atoms with Crippen LogP contribution >= 0.6 is 0 Å². The third-order valence-electron chi connectivity index (χ3n) is 4.53. The van der Waals surface area contributed by atoms with Gasteiger partial charge in [0.05, 0.1) is 0 Å². The summed E-state index contributed by atoms with van der Waals surface area (Å²) < 4.78 is 7.81. The van der Waals surface area contributed by atoms with Crippen molar-refractivity contribution in [3.05, 3.63) is 20.3 Å². The van der Waals surface area contributed by atoms with Crippen molar-refractivity contribution in [3.63, 3.8) is 0 Å². The van der Waals surface area contributed by atoms with Crippen molar-refractivity contribution < 1.29 is 5.11 Å². The predicted octanol–water partition coefficient (Wildman–Crippen LogP) is 5.02. The van der Waals surface area contributed by atoms with Crippen molar-refractivity contribution in [2.75, 3.05) is 0 Å². The van der Waals surface area contributed by atoms with E-state index in [4.69, 9.17) is 0 Å². The summed E-state index contributed by atoms with van der Waals surface area (Å²) in [5.74, 6) is 0. The predicted molar refractivity (Wildman–Crippen MR) is 87.9 cm³/mol. The molecule has 0 saturated carbocycles. The first-order valence-corrected chi connectivity index (χ1v) is 15.2. The number of rotatable bonds is 6. The molecule has 0 bridgehead atoms. The summed E-state index contributed by atoms with van der Waals surface area (Å²) in [6, 6.07) is 0. The fraction of sp³-hybridized carbons (Fsp3) is 0.765. The summed E-state index contributed by atoms with van der Waals surface area (Å²) in [6.07, 6.45) is 9.54. The zero-order valence-corrected chi connectivity index (χ0v) is 16.4. The molecule has 0 atom stereocenters. The van der Waals surface area contributed by atoms with Crippen LogP contribution in [-0.2, 0) is 0 Å². The van der Waals surface area contributed by atoms with Gasteiger partial charge in [0.15, 0.2) is 0 Å². The standard InChI is InChI=1S/C9H14O.2C4H9.Sn/c1-6-9(10,7-2)8(3,4)5;2*1-3-4-2;/h1-2,6-7,10H,3-5H3;2*1,3-4H2,2H3;. The van der Waals surface area contributed by atoms with E-state index in [0.29, 0.717) is 0 Å². The number of unbranched alkanes of at least 4 members (excludes halogenated alkanes) is 2. The van der Waals surface area contributed by atoms with Crippen LogP contribution in [0.15, 0.2) is 20.3 Å². The molecule has 1 aliphatic rings. The van der Waals surface area contributed by atoms with Gasteiger partial charge in [-0.3, -0.25) is 0 Å². The molecule has 0 spiro atoms. The Morgan fingerprint density at radius 2 is 1.37 bits per heavy atom. The van der Waals surface area contributed by atoms with E-state index in [2.05, 4.69) is 55.0 Å². The first-order chi connectivity index (χ1) is 8.79. The minimum absolute atomic E-state index is 0.118. The van der Waals surface area contributed by atoms with Gasteiger partial charge in [0.2, 0.25) is 0 Å². The molecule has 1 heterocycles. The molecule has 19 heavy (non-hydrogen) atoms. The Labute approximate surface area is 124 Å². The molecule has 1 aliphatic heterocycles. The molecular weight excluding hydrogens is 339 g/mol. The number of aliphatic hydroxyl groups is 1. The fourth-order valence-corrected chi connectivity index (χ4v) is 14.7. The van der Waals surface area contributed by atoms with Gasteiger partial charge in [-0.25, -0.2) is 0 Å². The molecule has 1 nitrogen and oxygen atoms in total. The van der Waals surface area contributed by atoms with Crippen LogP contribution in [0.3, 0.4) is 0 Å². The third-order valence-corrected chi connectivity index (χ3v) is 16.6. The quantitative estimate of drug-likeness (QED) is 0.651. The summed E-state index contributed by atoms with van der Waals surface area (Å²) >= 11 is -2.23. The molecule has 0 aromatic carbocycles. The Morgan fingerprint density at radius 3 is 1.68 bits per heavy atom. The van der Waals surface area contributed by atoms with E-state index in [1.165, 1.54) is 34.6 Å². The molecule has 0 aromatic heterocycles. The van der Waals surface area contributed by atoms with Gasteiger partial charge in [-0.1, -0.05) is 0 Å². The Morgan fingerprint density at radius 1 is 0.947 bits per heavy atom. The summed E-state index contributed by atoms with van der Waals surface area (Å²) in [4.78, 5) is 0. The Bertz CT molecular complexity index is 312. The molecule has 0 unspecified atom stereocenters. The zero-order chi connectivity index (χ0) is 14.6. The van der Waals surface area contributed by atoms with E-state index in [1.54, 1.807) is 0 Å². The first kappa shape index (κ1) is 17.3. The summed E-state index contributed by atoms with van der Waals surface area (Å²) in [5.41, 5.74) is -0.862. The van der Waals surface area contributed by atoms with Gasteiger partial charge in [-0.15, -0.1) is 0 Å². The van der Waals surface area contributed by atoms with Gasteiger partial charge < -0.3 is 0 Å². The van der Waals surface area contributed by atoms with Crippen LogP contribution in [0.4, 0.5) is 0 Å². The van der Waals surface area contributed by atoms with Crippen LogP contribution in [-0.4, -0.2) is 29.1 Å². The van der Waals surface area contributed by atoms with Gasteiger partial charge in [0, 0.05) is 0 Å². The van der Waals surface area contributed by atoms with Crippen molar-refractivity contribution in [3.8, 4) is 0 Å². The second-order valence-electron chi connectivity index (χ2n) is 7.18. The normalized spacial score (nSPS) is 20.7. The van der Waals surface area contributed by atoms with E-state index in [0.717, 1.165) is 0 Å². The van der Waals surface area contributed by atoms with Crippen molar-refractivity contribution in [1.29, 1.82) is 0 Å². The fourth-order valence-electron chi connectivity index (χ4n) is 2.67. The molecule has 2 heteroatoms. The van der Waals surface area contributed by atoms with Gasteiger partial charge in [-0.05, 0) is 0 Å². The van der Waals surface area contributed by atoms with Crippen molar-refractivity contribution in [1.82, 2.24) is 0 Å². The molecule has 1 rings (SSSR count). The van der Waals surface area contributed by atoms with E-state index < -0.39 is 24.0 Å². The van der Waals surface area contributed by atoms with Gasteiger partial charge >= 0.3 is 124 Å². The van der Waals surface area contributed by atoms with Gasteiger partial charge in [0.1, 0.15) is 0 Å².